The van der Waals surface area contributed by atoms with Crippen molar-refractivity contribution >= 4 is 0 Å². The van der Waals surface area contributed by atoms with Crippen molar-refractivity contribution < 1.29 is 0 Å². The Kier molecular flexibility index (Phi) is 13.3. The highest BCUT2D eigenvalue weighted by atomic mass is 14.8. The fourth-order valence-electron chi connectivity index (χ4n) is 0.964. The normalized spacial score (nSPS) is 9.33. The van der Waals surface area contributed by atoms with Crippen LogP contribution < -0.4 is 5.32 Å². The minimum atomic E-state index is 0.964. The minimum Gasteiger partial charge on any atom is -0.362 e. The summed E-state index contributed by atoms with van der Waals surface area (Å²) >= 11 is 0. The first-order chi connectivity index (χ1) is 7.29. The van der Waals surface area contributed by atoms with E-state index in [0.717, 1.165) is 11.3 Å². The van der Waals surface area contributed by atoms with Gasteiger partial charge in [-0.05, 0) is 31.7 Å². The van der Waals surface area contributed by atoms with E-state index in [-0.39, 0.29) is 0 Å². The molecule has 0 aliphatic heterocycles. The Morgan fingerprint density at radius 3 is 1.73 bits per heavy atom. The molecule has 0 amide bonds. The summed E-state index contributed by atoms with van der Waals surface area (Å²) in [5.74, 6) is 0. The molecular weight excluding hydrogens is 182 g/mol. The van der Waals surface area contributed by atoms with E-state index in [4.69, 9.17) is 0 Å². The molecule has 0 aliphatic rings. The van der Waals surface area contributed by atoms with E-state index in [2.05, 4.69) is 18.5 Å². The van der Waals surface area contributed by atoms with Crippen molar-refractivity contribution in [1.82, 2.24) is 5.32 Å². The molecule has 0 bridgehead atoms. The van der Waals surface area contributed by atoms with Crippen molar-refractivity contribution in [2.75, 3.05) is 0 Å². The van der Waals surface area contributed by atoms with Crippen LogP contribution in [-0.2, 0) is 0 Å². The van der Waals surface area contributed by atoms with Crippen LogP contribution in [0.15, 0.2) is 61.0 Å². The number of rotatable bonds is 5. The van der Waals surface area contributed by atoms with E-state index in [9.17, 15) is 0 Å². The number of nitrogens with one attached hydrogen (secondary N) is 1. The lowest BCUT2D eigenvalue weighted by Crippen LogP contribution is -2.03. The van der Waals surface area contributed by atoms with E-state index in [0.29, 0.717) is 0 Å². The van der Waals surface area contributed by atoms with Gasteiger partial charge >= 0.3 is 0 Å². The monoisotopic (exact) mass is 205 g/mol. The minimum absolute atomic E-state index is 0.964. The van der Waals surface area contributed by atoms with Crippen molar-refractivity contribution in [1.29, 1.82) is 0 Å². The Morgan fingerprint density at radius 2 is 1.47 bits per heavy atom. The van der Waals surface area contributed by atoms with Gasteiger partial charge in [0.1, 0.15) is 0 Å². The Morgan fingerprint density at radius 1 is 1.00 bits per heavy atom. The molecule has 1 heteroatoms. The van der Waals surface area contributed by atoms with Gasteiger partial charge in [-0.2, -0.15) is 0 Å². The predicted octanol–water partition coefficient (Wildman–Crippen LogP) is 4.34. The van der Waals surface area contributed by atoms with Crippen LogP contribution in [0.5, 0.6) is 0 Å². The average Bonchev–Trinajstić information content (AvgIpc) is 2.28. The van der Waals surface area contributed by atoms with Crippen LogP contribution in [0.4, 0.5) is 0 Å². The summed E-state index contributed by atoms with van der Waals surface area (Å²) in [7, 11) is 0. The van der Waals surface area contributed by atoms with Crippen LogP contribution in [-0.4, -0.2) is 0 Å². The van der Waals surface area contributed by atoms with Gasteiger partial charge in [-0.25, -0.2) is 0 Å². The molecule has 15 heavy (non-hydrogen) atoms. The fourth-order valence-corrected chi connectivity index (χ4v) is 0.964. The summed E-state index contributed by atoms with van der Waals surface area (Å²) in [4.78, 5) is 0. The Bertz CT molecular complexity index is 241. The lowest BCUT2D eigenvalue weighted by molar-refractivity contribution is 1.10. The molecule has 0 aromatic carbocycles. The Hall–Kier alpha value is -1.50. The maximum Gasteiger partial charge on any atom is 0.0446 e. The summed E-state index contributed by atoms with van der Waals surface area (Å²) in [6, 6.07) is 0. The molecule has 0 radical (unpaired) electrons. The molecule has 1 nitrogen and oxygen atoms in total. The zero-order chi connectivity index (χ0) is 12.1. The van der Waals surface area contributed by atoms with E-state index in [1.54, 1.807) is 12.3 Å². The van der Waals surface area contributed by atoms with Gasteiger partial charge in [0, 0.05) is 5.70 Å². The molecule has 0 spiro atoms. The quantitative estimate of drug-likeness (QED) is 0.658. The first kappa shape index (κ1) is 15.9. The van der Waals surface area contributed by atoms with Crippen molar-refractivity contribution in [2.45, 2.75) is 27.7 Å². The van der Waals surface area contributed by atoms with Crippen LogP contribution in [0.2, 0.25) is 0 Å². The third kappa shape index (κ3) is 7.56. The van der Waals surface area contributed by atoms with Gasteiger partial charge in [0.2, 0.25) is 0 Å². The second-order valence-corrected chi connectivity index (χ2v) is 2.42. The van der Waals surface area contributed by atoms with Gasteiger partial charge in [-0.1, -0.05) is 51.3 Å². The summed E-state index contributed by atoms with van der Waals surface area (Å²) in [5, 5.41) is 3.02. The standard InChI is InChI=1S/C12H17N.C2H6/c1-5-9-11(10-6-2)12(7-3)13-8-4;1-2/h5-10,13H,3-4H2,1-2H3;1-2H3/b9-5-,10-6-;. The third-order valence-corrected chi connectivity index (χ3v) is 1.47. The highest BCUT2D eigenvalue weighted by Crippen LogP contribution is 2.06. The van der Waals surface area contributed by atoms with E-state index in [1.807, 2.05) is 52.0 Å². The summed E-state index contributed by atoms with van der Waals surface area (Å²) in [6.45, 7) is 15.3. The molecule has 0 atom stereocenters. The van der Waals surface area contributed by atoms with E-state index in [1.165, 1.54) is 0 Å². The molecule has 0 heterocycles. The van der Waals surface area contributed by atoms with Gasteiger partial charge in [-0.3, -0.25) is 0 Å². The number of allylic oxidation sites excluding steroid dienone is 6. The molecule has 0 fully saturated rings. The average molecular weight is 205 g/mol. The molecule has 0 aromatic heterocycles. The van der Waals surface area contributed by atoms with Crippen LogP contribution in [0.25, 0.3) is 0 Å². The molecular formula is C14H23N. The van der Waals surface area contributed by atoms with Crippen LogP contribution in [0, 0.1) is 0 Å². The highest BCUT2D eigenvalue weighted by Gasteiger charge is 1.93. The molecule has 0 saturated heterocycles. The smallest absolute Gasteiger partial charge is 0.0446 e. The van der Waals surface area contributed by atoms with Gasteiger partial charge in [0.15, 0.2) is 0 Å². The molecule has 0 aliphatic carbocycles. The third-order valence-electron chi connectivity index (χ3n) is 1.47. The van der Waals surface area contributed by atoms with Crippen LogP contribution in [0.1, 0.15) is 27.7 Å². The largest absolute Gasteiger partial charge is 0.362 e. The molecule has 0 rings (SSSR count). The Labute approximate surface area is 94.6 Å². The van der Waals surface area contributed by atoms with Crippen LogP contribution in [0.3, 0.4) is 0 Å². The van der Waals surface area contributed by atoms with Crippen molar-refractivity contribution in [2.24, 2.45) is 0 Å². The lowest BCUT2D eigenvalue weighted by Gasteiger charge is -2.04. The molecule has 0 saturated carbocycles. The maximum absolute atomic E-state index is 3.73. The van der Waals surface area contributed by atoms with Crippen molar-refractivity contribution in [3.63, 3.8) is 0 Å². The van der Waals surface area contributed by atoms with Gasteiger partial charge in [-0.15, -0.1) is 0 Å². The number of hydrogen-bond acceptors (Lipinski definition) is 1. The molecule has 0 aromatic rings. The fraction of sp³-hybridized carbons (Fsp3) is 0.286. The molecule has 1 N–H and O–H groups in total. The second-order valence-electron chi connectivity index (χ2n) is 2.42. The number of hydrogen-bond donors (Lipinski definition) is 1. The zero-order valence-corrected chi connectivity index (χ0v) is 10.4. The maximum atomic E-state index is 3.73. The SMILES string of the molecule is C=CNC(C=C)=C(/C=C\C)/C=C\C.CC. The zero-order valence-electron chi connectivity index (χ0n) is 10.4. The van der Waals surface area contributed by atoms with Crippen LogP contribution >= 0.6 is 0 Å². The topological polar surface area (TPSA) is 12.0 Å². The van der Waals surface area contributed by atoms with Gasteiger partial charge < -0.3 is 5.32 Å². The predicted molar refractivity (Wildman–Crippen MR) is 71.5 cm³/mol. The first-order valence-corrected chi connectivity index (χ1v) is 5.29. The van der Waals surface area contributed by atoms with E-state index < -0.39 is 0 Å². The van der Waals surface area contributed by atoms with E-state index >= 15 is 0 Å². The van der Waals surface area contributed by atoms with Gasteiger partial charge in [0.05, 0.1) is 0 Å². The molecule has 84 valence electrons. The van der Waals surface area contributed by atoms with Gasteiger partial charge in [0.25, 0.3) is 0 Å². The second kappa shape index (κ2) is 12.5. The lowest BCUT2D eigenvalue weighted by atomic mass is 10.1. The summed E-state index contributed by atoms with van der Waals surface area (Å²) < 4.78 is 0. The molecule has 0 unspecified atom stereocenters. The first-order valence-electron chi connectivity index (χ1n) is 5.29. The van der Waals surface area contributed by atoms with Crippen molar-refractivity contribution in [3.8, 4) is 0 Å². The summed E-state index contributed by atoms with van der Waals surface area (Å²) in [5.41, 5.74) is 2.06. The Balaban J connectivity index is 0. The highest BCUT2D eigenvalue weighted by molar-refractivity contribution is 5.39. The van der Waals surface area contributed by atoms with Crippen molar-refractivity contribution in [3.05, 3.63) is 61.0 Å². The summed E-state index contributed by atoms with van der Waals surface area (Å²) in [6.07, 6.45) is 11.4.